The van der Waals surface area contributed by atoms with E-state index in [1.165, 1.54) is 0 Å². The van der Waals surface area contributed by atoms with E-state index in [2.05, 4.69) is 15.9 Å². The highest BCUT2D eigenvalue weighted by Gasteiger charge is 2.36. The molecule has 1 heterocycles. The normalized spacial score (nSPS) is 15.7. The van der Waals surface area contributed by atoms with E-state index >= 15 is 0 Å². The van der Waals surface area contributed by atoms with Gasteiger partial charge in [0.05, 0.1) is 5.92 Å². The summed E-state index contributed by atoms with van der Waals surface area (Å²) in [6.07, 6.45) is 1.84. The Morgan fingerprint density at radius 1 is 1.41 bits per heavy atom. The number of carboxylic acid groups (broad SMARTS) is 1. The van der Waals surface area contributed by atoms with Crippen molar-refractivity contribution in [2.24, 2.45) is 5.92 Å². The van der Waals surface area contributed by atoms with Gasteiger partial charge in [-0.05, 0) is 37.1 Å². The molecular formula is C16H16BrNO4. The molecule has 0 bridgehead atoms. The first-order chi connectivity index (χ1) is 10.5. The summed E-state index contributed by atoms with van der Waals surface area (Å²) in [5, 5.41) is 9.91. The SMILES string of the molecule is CC(CN(C(=O)c1cc2cc(Br)ccc2o1)C1CC1)C(=O)O. The Bertz CT molecular complexity index is 735. The number of carbonyl (C=O) groups excluding carboxylic acids is 1. The van der Waals surface area contributed by atoms with Crippen molar-refractivity contribution in [3.8, 4) is 0 Å². The van der Waals surface area contributed by atoms with Gasteiger partial charge in [-0.15, -0.1) is 0 Å². The minimum absolute atomic E-state index is 0.134. The Labute approximate surface area is 136 Å². The molecule has 1 amide bonds. The zero-order valence-electron chi connectivity index (χ0n) is 12.1. The van der Waals surface area contributed by atoms with E-state index < -0.39 is 11.9 Å². The van der Waals surface area contributed by atoms with Crippen LogP contribution in [0, 0.1) is 5.92 Å². The molecule has 5 nitrogen and oxygen atoms in total. The molecule has 116 valence electrons. The van der Waals surface area contributed by atoms with Crippen LogP contribution in [0.25, 0.3) is 11.0 Å². The van der Waals surface area contributed by atoms with Crippen molar-refractivity contribution in [2.45, 2.75) is 25.8 Å². The summed E-state index contributed by atoms with van der Waals surface area (Å²) in [6, 6.07) is 7.39. The minimum Gasteiger partial charge on any atom is -0.481 e. The van der Waals surface area contributed by atoms with Crippen LogP contribution in [0.1, 0.15) is 30.3 Å². The topological polar surface area (TPSA) is 70.8 Å². The van der Waals surface area contributed by atoms with E-state index in [9.17, 15) is 9.59 Å². The largest absolute Gasteiger partial charge is 0.481 e. The fourth-order valence-electron chi connectivity index (χ4n) is 2.42. The Kier molecular flexibility index (Phi) is 3.95. The van der Waals surface area contributed by atoms with Crippen LogP contribution < -0.4 is 0 Å². The van der Waals surface area contributed by atoms with Crippen LogP contribution in [-0.2, 0) is 4.79 Å². The molecule has 2 aromatic rings. The highest BCUT2D eigenvalue weighted by atomic mass is 79.9. The van der Waals surface area contributed by atoms with Crippen LogP contribution in [-0.4, -0.2) is 34.5 Å². The summed E-state index contributed by atoms with van der Waals surface area (Å²) in [5.74, 6) is -1.46. The zero-order chi connectivity index (χ0) is 15.9. The number of carboxylic acids is 1. The Morgan fingerprint density at radius 2 is 2.14 bits per heavy atom. The zero-order valence-corrected chi connectivity index (χ0v) is 13.7. The number of rotatable bonds is 5. The smallest absolute Gasteiger partial charge is 0.308 e. The third-order valence-corrected chi connectivity index (χ3v) is 4.32. The predicted molar refractivity (Wildman–Crippen MR) is 84.8 cm³/mol. The summed E-state index contributed by atoms with van der Waals surface area (Å²) in [7, 11) is 0. The van der Waals surface area contributed by atoms with Gasteiger partial charge in [0.25, 0.3) is 5.91 Å². The summed E-state index contributed by atoms with van der Waals surface area (Å²) in [6.45, 7) is 1.82. The number of hydrogen-bond donors (Lipinski definition) is 1. The minimum atomic E-state index is -0.896. The summed E-state index contributed by atoms with van der Waals surface area (Å²) in [5.41, 5.74) is 0.647. The summed E-state index contributed by atoms with van der Waals surface area (Å²) in [4.78, 5) is 25.3. The molecule has 6 heteroatoms. The van der Waals surface area contributed by atoms with E-state index in [-0.39, 0.29) is 24.3 Å². The number of hydrogen-bond acceptors (Lipinski definition) is 3. The standard InChI is InChI=1S/C16H16BrNO4/c1-9(16(20)21)8-18(12-3-4-12)15(19)14-7-10-6-11(17)2-5-13(10)22-14/h2,5-7,9,12H,3-4,8H2,1H3,(H,20,21). The van der Waals surface area contributed by atoms with Crippen LogP contribution in [0.4, 0.5) is 0 Å². The Balaban J connectivity index is 1.86. The van der Waals surface area contributed by atoms with Crippen molar-refractivity contribution in [3.63, 3.8) is 0 Å². The lowest BCUT2D eigenvalue weighted by Gasteiger charge is -2.23. The average molecular weight is 366 g/mol. The van der Waals surface area contributed by atoms with Gasteiger partial charge in [0.15, 0.2) is 5.76 Å². The van der Waals surface area contributed by atoms with E-state index in [0.29, 0.717) is 5.58 Å². The first-order valence-corrected chi connectivity index (χ1v) is 7.98. The second-order valence-corrected chi connectivity index (χ2v) is 6.64. The van der Waals surface area contributed by atoms with Crippen molar-refractivity contribution in [3.05, 3.63) is 34.5 Å². The summed E-state index contributed by atoms with van der Waals surface area (Å²) >= 11 is 3.39. The number of halogens is 1. The molecule has 3 rings (SSSR count). The van der Waals surface area contributed by atoms with Crippen LogP contribution in [0.15, 0.2) is 33.2 Å². The molecule has 1 aromatic carbocycles. The van der Waals surface area contributed by atoms with Gasteiger partial charge in [0.1, 0.15) is 5.58 Å². The van der Waals surface area contributed by atoms with Crippen LogP contribution in [0.2, 0.25) is 0 Å². The van der Waals surface area contributed by atoms with Gasteiger partial charge in [-0.25, -0.2) is 0 Å². The number of nitrogens with zero attached hydrogens (tertiary/aromatic N) is 1. The highest BCUT2D eigenvalue weighted by Crippen LogP contribution is 2.31. The molecule has 1 aliphatic rings. The molecule has 0 aliphatic heterocycles. The van der Waals surface area contributed by atoms with Crippen LogP contribution >= 0.6 is 15.9 Å². The van der Waals surface area contributed by atoms with Crippen molar-refractivity contribution in [1.82, 2.24) is 4.90 Å². The molecule has 1 unspecified atom stereocenters. The molecule has 0 spiro atoms. The number of fused-ring (bicyclic) bond motifs is 1. The third-order valence-electron chi connectivity index (χ3n) is 3.83. The van der Waals surface area contributed by atoms with Gasteiger partial charge in [-0.2, -0.15) is 0 Å². The van der Waals surface area contributed by atoms with E-state index in [0.717, 1.165) is 22.7 Å². The fraction of sp³-hybridized carbons (Fsp3) is 0.375. The lowest BCUT2D eigenvalue weighted by Crippen LogP contribution is -2.38. The van der Waals surface area contributed by atoms with E-state index in [1.807, 2.05) is 12.1 Å². The number of benzene rings is 1. The first kappa shape index (κ1) is 15.1. The number of furan rings is 1. The molecular weight excluding hydrogens is 350 g/mol. The van der Waals surface area contributed by atoms with Gasteiger partial charge in [-0.1, -0.05) is 22.9 Å². The van der Waals surface area contributed by atoms with Crippen LogP contribution in [0.3, 0.4) is 0 Å². The fourth-order valence-corrected chi connectivity index (χ4v) is 2.80. The molecule has 0 radical (unpaired) electrons. The quantitative estimate of drug-likeness (QED) is 0.879. The molecule has 1 aromatic heterocycles. The maximum atomic E-state index is 12.7. The van der Waals surface area contributed by atoms with E-state index in [4.69, 9.17) is 9.52 Å². The number of aliphatic carboxylic acids is 1. The first-order valence-electron chi connectivity index (χ1n) is 7.18. The molecule has 22 heavy (non-hydrogen) atoms. The van der Waals surface area contributed by atoms with Crippen molar-refractivity contribution < 1.29 is 19.1 Å². The van der Waals surface area contributed by atoms with Gasteiger partial charge in [0, 0.05) is 22.4 Å². The van der Waals surface area contributed by atoms with Crippen LogP contribution in [0.5, 0.6) is 0 Å². The second-order valence-electron chi connectivity index (χ2n) is 5.72. The molecule has 1 aliphatic carbocycles. The third kappa shape index (κ3) is 3.02. The molecule has 1 atom stereocenters. The Hall–Kier alpha value is -1.82. The van der Waals surface area contributed by atoms with Crippen molar-refractivity contribution in [1.29, 1.82) is 0 Å². The van der Waals surface area contributed by atoms with Gasteiger partial charge in [-0.3, -0.25) is 9.59 Å². The Morgan fingerprint density at radius 3 is 2.77 bits per heavy atom. The van der Waals surface area contributed by atoms with Crippen molar-refractivity contribution in [2.75, 3.05) is 6.54 Å². The molecule has 1 fully saturated rings. The van der Waals surface area contributed by atoms with Gasteiger partial charge < -0.3 is 14.4 Å². The monoisotopic (exact) mass is 365 g/mol. The summed E-state index contributed by atoms with van der Waals surface area (Å²) < 4.78 is 6.54. The average Bonchev–Trinajstić information content (AvgIpc) is 3.22. The second kappa shape index (κ2) is 5.76. The maximum absolute atomic E-state index is 12.7. The predicted octanol–water partition coefficient (Wildman–Crippen LogP) is 3.52. The molecule has 1 N–H and O–H groups in total. The van der Waals surface area contributed by atoms with Crippen molar-refractivity contribution >= 4 is 38.8 Å². The van der Waals surface area contributed by atoms with Gasteiger partial charge in [0.2, 0.25) is 0 Å². The highest BCUT2D eigenvalue weighted by molar-refractivity contribution is 9.10. The van der Waals surface area contributed by atoms with Gasteiger partial charge >= 0.3 is 5.97 Å². The number of amides is 1. The van der Waals surface area contributed by atoms with E-state index in [1.54, 1.807) is 24.0 Å². The number of carbonyl (C=O) groups is 2. The maximum Gasteiger partial charge on any atom is 0.308 e. The lowest BCUT2D eigenvalue weighted by atomic mass is 10.1. The molecule has 0 saturated heterocycles. The lowest BCUT2D eigenvalue weighted by molar-refractivity contribution is -0.141. The molecule has 1 saturated carbocycles.